The minimum absolute atomic E-state index is 0.541. The molecule has 0 aromatic rings. The summed E-state index contributed by atoms with van der Waals surface area (Å²) in [5.74, 6) is 0. The van der Waals surface area contributed by atoms with E-state index in [1.165, 1.54) is 11.1 Å². The van der Waals surface area contributed by atoms with Crippen molar-refractivity contribution in [2.24, 2.45) is 5.73 Å². The molecule has 0 radical (unpaired) electrons. The maximum atomic E-state index is 5.63. The quantitative estimate of drug-likeness (QED) is 0.716. The number of allylic oxidation sites excluding steroid dienone is 2. The van der Waals surface area contributed by atoms with Crippen molar-refractivity contribution in [3.8, 4) is 0 Å². The molecule has 2 N–H and O–H groups in total. The molecule has 0 amide bonds. The molecular formula is C16H22N2. The summed E-state index contributed by atoms with van der Waals surface area (Å²) in [7, 11) is 2.05. The fraction of sp³-hybridized carbons (Fsp3) is 0.375. The van der Waals surface area contributed by atoms with Crippen LogP contribution < -0.4 is 5.73 Å². The summed E-state index contributed by atoms with van der Waals surface area (Å²) < 4.78 is 0. The van der Waals surface area contributed by atoms with Crippen molar-refractivity contribution in [3.63, 3.8) is 0 Å². The lowest BCUT2D eigenvalue weighted by Gasteiger charge is -2.14. The van der Waals surface area contributed by atoms with Gasteiger partial charge in [-0.1, -0.05) is 19.9 Å². The van der Waals surface area contributed by atoms with Gasteiger partial charge in [-0.25, -0.2) is 0 Å². The van der Waals surface area contributed by atoms with Gasteiger partial charge in [-0.2, -0.15) is 0 Å². The van der Waals surface area contributed by atoms with E-state index in [1.54, 1.807) is 0 Å². The molecule has 1 aliphatic heterocycles. The van der Waals surface area contributed by atoms with Crippen LogP contribution in [0.1, 0.15) is 20.3 Å². The van der Waals surface area contributed by atoms with Crippen LogP contribution in [0, 0.1) is 0 Å². The molecule has 0 spiro atoms. The molecule has 18 heavy (non-hydrogen) atoms. The maximum Gasteiger partial charge on any atom is 0.0429 e. The molecule has 1 heterocycles. The molecule has 2 aliphatic rings. The lowest BCUT2D eigenvalue weighted by atomic mass is 10.0. The van der Waals surface area contributed by atoms with E-state index in [9.17, 15) is 0 Å². The van der Waals surface area contributed by atoms with Gasteiger partial charge in [-0.15, -0.1) is 11.5 Å². The third kappa shape index (κ3) is 3.94. The molecule has 96 valence electrons. The maximum absolute atomic E-state index is 5.63. The minimum atomic E-state index is 0.541. The van der Waals surface area contributed by atoms with E-state index in [1.807, 2.05) is 26.1 Å². The predicted octanol–water partition coefficient (Wildman–Crippen LogP) is 2.92. The van der Waals surface area contributed by atoms with Gasteiger partial charge < -0.3 is 10.6 Å². The van der Waals surface area contributed by atoms with Crippen molar-refractivity contribution in [1.82, 2.24) is 4.90 Å². The van der Waals surface area contributed by atoms with E-state index in [0.717, 1.165) is 18.5 Å². The van der Waals surface area contributed by atoms with Gasteiger partial charge in [-0.05, 0) is 35.8 Å². The fourth-order valence-electron chi connectivity index (χ4n) is 1.79. The first-order chi connectivity index (χ1) is 8.79. The summed E-state index contributed by atoms with van der Waals surface area (Å²) in [6.07, 6.45) is 11.2. The van der Waals surface area contributed by atoms with Gasteiger partial charge in [0.15, 0.2) is 0 Å². The van der Waals surface area contributed by atoms with Crippen LogP contribution >= 0.6 is 0 Å². The molecule has 0 atom stereocenters. The topological polar surface area (TPSA) is 29.3 Å². The van der Waals surface area contributed by atoms with Crippen LogP contribution in [-0.2, 0) is 0 Å². The Morgan fingerprint density at radius 3 is 2.78 bits per heavy atom. The van der Waals surface area contributed by atoms with Gasteiger partial charge in [0.2, 0.25) is 0 Å². The van der Waals surface area contributed by atoms with Crippen LogP contribution in [-0.4, -0.2) is 25.0 Å². The standard InChI is InChI=1S/C14H16N2.C2H6/c1-16-9-3-6-13-5-2-4-12(10-15)7-8-14(13)11-16;1-2/h2,6-9H,5,10-11,15H2,1H3;1-2H3/b8-7-;. The highest BCUT2D eigenvalue weighted by atomic mass is 15.1. The number of hydrogen-bond acceptors (Lipinski definition) is 2. The van der Waals surface area contributed by atoms with E-state index >= 15 is 0 Å². The molecule has 0 aromatic heterocycles. The molecular weight excluding hydrogens is 220 g/mol. The van der Waals surface area contributed by atoms with E-state index in [-0.39, 0.29) is 0 Å². The van der Waals surface area contributed by atoms with Crippen LogP contribution in [0.5, 0.6) is 0 Å². The molecule has 0 unspecified atom stereocenters. The second-order valence-electron chi connectivity index (χ2n) is 4.02. The highest BCUT2D eigenvalue weighted by molar-refractivity contribution is 5.41. The fourth-order valence-corrected chi connectivity index (χ4v) is 1.79. The van der Waals surface area contributed by atoms with Gasteiger partial charge >= 0.3 is 0 Å². The van der Waals surface area contributed by atoms with Crippen molar-refractivity contribution >= 4 is 0 Å². The number of nitrogens with zero attached hydrogens (tertiary/aromatic N) is 1. The van der Waals surface area contributed by atoms with Gasteiger partial charge in [-0.3, -0.25) is 0 Å². The highest BCUT2D eigenvalue weighted by Gasteiger charge is 2.06. The van der Waals surface area contributed by atoms with E-state index in [0.29, 0.717) is 6.54 Å². The molecule has 1 aliphatic carbocycles. The Balaban J connectivity index is 0.000000771. The van der Waals surface area contributed by atoms with Crippen LogP contribution in [0.4, 0.5) is 0 Å². The van der Waals surface area contributed by atoms with E-state index in [2.05, 4.69) is 41.6 Å². The first kappa shape index (κ1) is 14.3. The summed E-state index contributed by atoms with van der Waals surface area (Å²) in [5.41, 5.74) is 15.7. The summed E-state index contributed by atoms with van der Waals surface area (Å²) >= 11 is 0. The summed E-state index contributed by atoms with van der Waals surface area (Å²) in [5, 5.41) is 0. The monoisotopic (exact) mass is 242 g/mol. The largest absolute Gasteiger partial charge is 0.370 e. The molecule has 2 nitrogen and oxygen atoms in total. The Bertz CT molecular complexity index is 465. The Labute approximate surface area is 110 Å². The lowest BCUT2D eigenvalue weighted by Crippen LogP contribution is -2.13. The number of likely N-dealkylation sites (N-methyl/N-ethyl adjacent to an activating group) is 1. The summed E-state index contributed by atoms with van der Waals surface area (Å²) in [4.78, 5) is 2.13. The third-order valence-corrected chi connectivity index (χ3v) is 2.70. The smallest absolute Gasteiger partial charge is 0.0429 e. The molecule has 0 aromatic carbocycles. The third-order valence-electron chi connectivity index (χ3n) is 2.70. The Morgan fingerprint density at radius 1 is 1.28 bits per heavy atom. The van der Waals surface area contributed by atoms with Crippen LogP contribution in [0.2, 0.25) is 0 Å². The summed E-state index contributed by atoms with van der Waals surface area (Å²) in [6.45, 7) is 5.46. The second-order valence-corrected chi connectivity index (χ2v) is 4.02. The molecule has 0 bridgehead atoms. The van der Waals surface area contributed by atoms with E-state index in [4.69, 9.17) is 5.73 Å². The average Bonchev–Trinajstić information content (AvgIpc) is 2.54. The lowest BCUT2D eigenvalue weighted by molar-refractivity contribution is 0.502. The highest BCUT2D eigenvalue weighted by Crippen LogP contribution is 2.18. The zero-order chi connectivity index (χ0) is 13.4. The molecule has 2 rings (SSSR count). The zero-order valence-corrected chi connectivity index (χ0v) is 11.5. The Hall–Kier alpha value is -1.72. The van der Waals surface area contributed by atoms with Gasteiger partial charge in [0.25, 0.3) is 0 Å². The normalized spacial score (nSPS) is 19.1. The predicted molar refractivity (Wildman–Crippen MR) is 78.1 cm³/mol. The minimum Gasteiger partial charge on any atom is -0.370 e. The van der Waals surface area contributed by atoms with Crippen LogP contribution in [0.15, 0.2) is 58.7 Å². The number of rotatable bonds is 1. The van der Waals surface area contributed by atoms with Gasteiger partial charge in [0.1, 0.15) is 0 Å². The van der Waals surface area contributed by atoms with Crippen molar-refractivity contribution in [1.29, 1.82) is 0 Å². The summed E-state index contributed by atoms with van der Waals surface area (Å²) in [6, 6.07) is 0. The van der Waals surface area contributed by atoms with E-state index < -0.39 is 0 Å². The first-order valence-electron chi connectivity index (χ1n) is 6.46. The van der Waals surface area contributed by atoms with Crippen molar-refractivity contribution in [3.05, 3.63) is 58.7 Å². The van der Waals surface area contributed by atoms with Gasteiger partial charge in [0.05, 0.1) is 0 Å². The SMILES string of the molecule is CC.CN1C=C=CC2=C(/C=C\C(CN)=C=CC2)C1. The molecule has 0 saturated heterocycles. The second kappa shape index (κ2) is 7.58. The molecule has 0 saturated carbocycles. The van der Waals surface area contributed by atoms with Gasteiger partial charge in [0, 0.05) is 31.9 Å². The first-order valence-corrected chi connectivity index (χ1v) is 6.46. The Morgan fingerprint density at radius 2 is 2.06 bits per heavy atom. The van der Waals surface area contributed by atoms with Crippen molar-refractivity contribution in [2.45, 2.75) is 20.3 Å². The van der Waals surface area contributed by atoms with Crippen molar-refractivity contribution in [2.75, 3.05) is 20.1 Å². The van der Waals surface area contributed by atoms with Crippen LogP contribution in [0.3, 0.4) is 0 Å². The van der Waals surface area contributed by atoms with Crippen LogP contribution in [0.25, 0.3) is 0 Å². The molecule has 0 fully saturated rings. The zero-order valence-electron chi connectivity index (χ0n) is 11.5. The Kier molecular flexibility index (Phi) is 6.04. The average molecular weight is 242 g/mol. The van der Waals surface area contributed by atoms with Crippen molar-refractivity contribution < 1.29 is 0 Å². The number of hydrogen-bond donors (Lipinski definition) is 1. The number of nitrogens with two attached hydrogens (primary N) is 1. The molecule has 2 heteroatoms.